The van der Waals surface area contributed by atoms with Gasteiger partial charge in [0.25, 0.3) is 5.69 Å². The molecule has 166 valence electrons. The van der Waals surface area contributed by atoms with Crippen LogP contribution >= 0.6 is 0 Å². The van der Waals surface area contributed by atoms with Crippen LogP contribution in [0.15, 0.2) is 84.9 Å². The summed E-state index contributed by atoms with van der Waals surface area (Å²) >= 11 is 0. The first-order valence-corrected chi connectivity index (χ1v) is 11.7. The van der Waals surface area contributed by atoms with E-state index in [1.54, 1.807) is 12.1 Å². The van der Waals surface area contributed by atoms with E-state index < -0.39 is 5.41 Å². The number of non-ortho nitro benzene ring substituents is 1. The zero-order valence-corrected chi connectivity index (χ0v) is 19.1. The van der Waals surface area contributed by atoms with Crippen LogP contribution in [0.4, 0.5) is 5.69 Å². The maximum atomic E-state index is 11.6. The summed E-state index contributed by atoms with van der Waals surface area (Å²) in [6.07, 6.45) is 6.82. The van der Waals surface area contributed by atoms with Gasteiger partial charge in [-0.1, -0.05) is 86.5 Å². The maximum absolute atomic E-state index is 11.6. The molecule has 0 radical (unpaired) electrons. The predicted molar refractivity (Wildman–Crippen MR) is 134 cm³/mol. The lowest BCUT2D eigenvalue weighted by Crippen LogP contribution is -2.27. The van der Waals surface area contributed by atoms with E-state index in [2.05, 4.69) is 85.3 Å². The van der Waals surface area contributed by atoms with Gasteiger partial charge in [-0.05, 0) is 35.6 Å². The molecular weight excluding hydrogens is 408 g/mol. The molecular formula is C29H28N2O2. The van der Waals surface area contributed by atoms with Crippen molar-refractivity contribution in [1.29, 1.82) is 0 Å². The molecule has 5 rings (SSSR count). The molecule has 0 aliphatic heterocycles. The molecule has 0 fully saturated rings. The van der Waals surface area contributed by atoms with Gasteiger partial charge >= 0.3 is 0 Å². The van der Waals surface area contributed by atoms with Gasteiger partial charge in [-0.2, -0.15) is 0 Å². The highest BCUT2D eigenvalue weighted by molar-refractivity contribution is 6.00. The number of unbranched alkanes of at least 4 members (excludes halogenated alkanes) is 2. The van der Waals surface area contributed by atoms with Crippen LogP contribution in [0.2, 0.25) is 0 Å². The van der Waals surface area contributed by atoms with Gasteiger partial charge in [-0.3, -0.25) is 10.1 Å². The van der Waals surface area contributed by atoms with Crippen molar-refractivity contribution in [3.63, 3.8) is 0 Å². The fourth-order valence-corrected chi connectivity index (χ4v) is 5.51. The zero-order chi connectivity index (χ0) is 23.0. The highest BCUT2D eigenvalue weighted by Crippen LogP contribution is 2.53. The third kappa shape index (κ3) is 3.29. The van der Waals surface area contributed by atoms with E-state index in [9.17, 15) is 10.1 Å². The molecule has 0 saturated carbocycles. The summed E-state index contributed by atoms with van der Waals surface area (Å²) in [6, 6.07) is 26.5. The highest BCUT2D eigenvalue weighted by atomic mass is 16.6. The van der Waals surface area contributed by atoms with E-state index in [4.69, 9.17) is 0 Å². The SMILES string of the molecule is CCCCCC1=CC(c2ccccc2)(c2ccccc2)c2c1c1cc([N+](=O)[O-])ccc1n2C. The van der Waals surface area contributed by atoms with Crippen LogP contribution in [0.3, 0.4) is 0 Å². The number of hydrogen-bond acceptors (Lipinski definition) is 2. The van der Waals surface area contributed by atoms with Gasteiger partial charge in [0.05, 0.1) is 10.3 Å². The number of allylic oxidation sites excluding steroid dienone is 2. The summed E-state index contributed by atoms with van der Waals surface area (Å²) in [5.74, 6) is 0. The molecule has 1 heterocycles. The van der Waals surface area contributed by atoms with Crippen molar-refractivity contribution in [3.05, 3.63) is 117 Å². The van der Waals surface area contributed by atoms with Crippen LogP contribution in [0.5, 0.6) is 0 Å². The Morgan fingerprint density at radius 1 is 0.909 bits per heavy atom. The molecule has 0 N–H and O–H groups in total. The van der Waals surface area contributed by atoms with E-state index in [1.807, 2.05) is 6.07 Å². The van der Waals surface area contributed by atoms with Crippen molar-refractivity contribution in [2.75, 3.05) is 0 Å². The van der Waals surface area contributed by atoms with Crippen LogP contribution in [-0.2, 0) is 12.5 Å². The highest BCUT2D eigenvalue weighted by Gasteiger charge is 2.44. The van der Waals surface area contributed by atoms with Gasteiger partial charge in [0.2, 0.25) is 0 Å². The van der Waals surface area contributed by atoms with Crippen LogP contribution in [0.1, 0.15) is 55.0 Å². The molecule has 4 nitrogen and oxygen atoms in total. The minimum atomic E-state index is -0.443. The van der Waals surface area contributed by atoms with Gasteiger partial charge in [0, 0.05) is 41.3 Å². The fourth-order valence-electron chi connectivity index (χ4n) is 5.51. The molecule has 33 heavy (non-hydrogen) atoms. The second-order valence-electron chi connectivity index (χ2n) is 8.91. The monoisotopic (exact) mass is 436 g/mol. The molecule has 0 bridgehead atoms. The molecule has 1 aromatic heterocycles. The third-order valence-corrected chi connectivity index (χ3v) is 6.99. The molecule has 0 saturated heterocycles. The Hall–Kier alpha value is -3.66. The van der Waals surface area contributed by atoms with E-state index in [0.717, 1.165) is 30.2 Å². The molecule has 4 heteroatoms. The molecule has 4 aromatic rings. The van der Waals surface area contributed by atoms with Crippen molar-refractivity contribution >= 4 is 22.2 Å². The van der Waals surface area contributed by atoms with Crippen molar-refractivity contribution in [2.45, 2.75) is 38.0 Å². The number of rotatable bonds is 7. The molecule has 0 spiro atoms. The number of aromatic nitrogens is 1. The Kier molecular flexibility index (Phi) is 5.37. The average Bonchev–Trinajstić information content (AvgIpc) is 3.35. The Morgan fingerprint density at radius 3 is 2.12 bits per heavy atom. The van der Waals surface area contributed by atoms with Crippen LogP contribution in [-0.4, -0.2) is 9.49 Å². The average molecular weight is 437 g/mol. The number of hydrogen-bond donors (Lipinski definition) is 0. The molecule has 0 atom stereocenters. The van der Waals surface area contributed by atoms with Crippen molar-refractivity contribution in [1.82, 2.24) is 4.57 Å². The largest absolute Gasteiger partial charge is 0.346 e. The molecule has 0 unspecified atom stereocenters. The maximum Gasteiger partial charge on any atom is 0.270 e. The molecule has 0 amide bonds. The first kappa shape index (κ1) is 21.2. The summed E-state index contributed by atoms with van der Waals surface area (Å²) in [5, 5.41) is 12.6. The topological polar surface area (TPSA) is 48.1 Å². The Balaban J connectivity index is 1.87. The van der Waals surface area contributed by atoms with Gasteiger partial charge in [-0.25, -0.2) is 0 Å². The van der Waals surface area contributed by atoms with Gasteiger partial charge in [0.1, 0.15) is 0 Å². The fraction of sp³-hybridized carbons (Fsp3) is 0.241. The third-order valence-electron chi connectivity index (χ3n) is 6.99. The molecule has 3 aromatic carbocycles. The lowest BCUT2D eigenvalue weighted by molar-refractivity contribution is -0.384. The molecule has 1 aliphatic carbocycles. The minimum Gasteiger partial charge on any atom is -0.346 e. The van der Waals surface area contributed by atoms with E-state index in [1.165, 1.54) is 34.4 Å². The summed E-state index contributed by atoms with van der Waals surface area (Å²) in [5.41, 5.74) is 6.80. The van der Waals surface area contributed by atoms with Gasteiger partial charge < -0.3 is 4.57 Å². The molecule has 1 aliphatic rings. The lowest BCUT2D eigenvalue weighted by atomic mass is 9.73. The van der Waals surface area contributed by atoms with E-state index in [-0.39, 0.29) is 10.6 Å². The smallest absolute Gasteiger partial charge is 0.270 e. The van der Waals surface area contributed by atoms with Gasteiger partial charge in [0.15, 0.2) is 0 Å². The first-order valence-electron chi connectivity index (χ1n) is 11.7. The zero-order valence-electron chi connectivity index (χ0n) is 19.1. The second-order valence-corrected chi connectivity index (χ2v) is 8.91. The summed E-state index contributed by atoms with van der Waals surface area (Å²) in [4.78, 5) is 11.3. The second kappa shape index (κ2) is 8.36. The van der Waals surface area contributed by atoms with Crippen molar-refractivity contribution < 1.29 is 4.92 Å². The summed E-state index contributed by atoms with van der Waals surface area (Å²) < 4.78 is 2.25. The number of nitro benzene ring substituents is 1. The first-order chi connectivity index (χ1) is 16.1. The minimum absolute atomic E-state index is 0.140. The quantitative estimate of drug-likeness (QED) is 0.172. The number of nitrogens with zero attached hydrogens (tertiary/aromatic N) is 2. The summed E-state index contributed by atoms with van der Waals surface area (Å²) in [6.45, 7) is 2.22. The van der Waals surface area contributed by atoms with E-state index >= 15 is 0 Å². The number of aryl methyl sites for hydroxylation is 1. The van der Waals surface area contributed by atoms with Crippen molar-refractivity contribution in [2.24, 2.45) is 7.05 Å². The Bertz CT molecular complexity index is 1310. The Labute approximate surface area is 194 Å². The number of nitro groups is 1. The van der Waals surface area contributed by atoms with E-state index in [0.29, 0.717) is 0 Å². The van der Waals surface area contributed by atoms with Crippen LogP contribution < -0.4 is 0 Å². The standard InChI is InChI=1S/C29H28N2O2/c1-3-4-7-12-21-20-29(22-13-8-5-9-14-22,23-15-10-6-11-16-23)28-27(21)25-19-24(31(32)33)17-18-26(25)30(28)2/h5-6,8-11,13-20H,3-4,7,12H2,1-2H3. The predicted octanol–water partition coefficient (Wildman–Crippen LogP) is 7.40. The van der Waals surface area contributed by atoms with Crippen LogP contribution in [0, 0.1) is 10.1 Å². The lowest BCUT2D eigenvalue weighted by Gasteiger charge is -2.31. The van der Waals surface area contributed by atoms with Crippen molar-refractivity contribution in [3.8, 4) is 0 Å². The Morgan fingerprint density at radius 2 is 1.55 bits per heavy atom. The number of fused-ring (bicyclic) bond motifs is 3. The normalized spacial score (nSPS) is 14.3. The number of benzene rings is 3. The van der Waals surface area contributed by atoms with Gasteiger partial charge in [-0.15, -0.1) is 0 Å². The summed E-state index contributed by atoms with van der Waals surface area (Å²) in [7, 11) is 2.09. The van der Waals surface area contributed by atoms with Crippen LogP contribution in [0.25, 0.3) is 16.5 Å².